The summed E-state index contributed by atoms with van der Waals surface area (Å²) < 4.78 is 0. The average Bonchev–Trinajstić information content (AvgIpc) is 3.08. The highest BCUT2D eigenvalue weighted by Gasteiger charge is 2.08. The summed E-state index contributed by atoms with van der Waals surface area (Å²) in [6, 6.07) is 63.9. The van der Waals surface area contributed by atoms with Crippen molar-refractivity contribution in [2.45, 2.75) is 13.8 Å². The van der Waals surface area contributed by atoms with Gasteiger partial charge in [-0.05, 0) is 68.1 Å². The minimum Gasteiger partial charge on any atom is -0.0622 e. The fourth-order valence-corrected chi connectivity index (χ4v) is 7.11. The fourth-order valence-electron chi connectivity index (χ4n) is 5.01. The molecule has 0 unspecified atom stereocenters. The van der Waals surface area contributed by atoms with Gasteiger partial charge >= 0.3 is 0 Å². The van der Waals surface area contributed by atoms with Gasteiger partial charge in [0.25, 0.3) is 0 Å². The lowest BCUT2D eigenvalue weighted by molar-refractivity contribution is 1.43. The predicted molar refractivity (Wildman–Crippen MR) is 200 cm³/mol. The second-order valence-electron chi connectivity index (χ2n) is 10.5. The first kappa shape index (κ1) is 31.1. The Balaban J connectivity index is 0.000000134. The first-order chi connectivity index (χ1) is 21.7. The normalized spacial score (nSPS) is 10.2. The summed E-state index contributed by atoms with van der Waals surface area (Å²) in [5.41, 5.74) is 5.37. The Kier molecular flexibility index (Phi) is 11.7. The van der Waals surface area contributed by atoms with E-state index in [0.29, 0.717) is 0 Å². The van der Waals surface area contributed by atoms with Gasteiger partial charge in [-0.1, -0.05) is 199 Å². The zero-order valence-electron chi connectivity index (χ0n) is 25.3. The second-order valence-corrected chi connectivity index (χ2v) is 13.3. The molecule has 0 N–H and O–H groups in total. The molecule has 0 fully saturated rings. The first-order valence-electron chi connectivity index (χ1n) is 15.0. The molecule has 2 heteroatoms. The van der Waals surface area contributed by atoms with Crippen molar-refractivity contribution in [3.63, 3.8) is 0 Å². The Morgan fingerprint density at radius 2 is 0.705 bits per heavy atom. The Morgan fingerprint density at radius 1 is 0.318 bits per heavy atom. The van der Waals surface area contributed by atoms with Crippen molar-refractivity contribution in [2.24, 2.45) is 0 Å². The summed E-state index contributed by atoms with van der Waals surface area (Å²) in [4.78, 5) is 0. The van der Waals surface area contributed by atoms with Gasteiger partial charge in [0, 0.05) is 0 Å². The molecule has 7 aromatic rings. The lowest BCUT2D eigenvalue weighted by atomic mass is 9.91. The van der Waals surface area contributed by atoms with Crippen LogP contribution in [0.25, 0.3) is 21.9 Å². The summed E-state index contributed by atoms with van der Waals surface area (Å²) in [6.07, 6.45) is 0. The van der Waals surface area contributed by atoms with E-state index in [2.05, 4.69) is 196 Å². The van der Waals surface area contributed by atoms with Crippen molar-refractivity contribution < 1.29 is 0 Å². The van der Waals surface area contributed by atoms with Crippen LogP contribution in [0.1, 0.15) is 11.1 Å². The molecule has 0 heterocycles. The standard InChI is InChI=1S/C18H16.2C12H11P/c1-13-7-3-5-9-16(13)18-14(2)11-12-15-8-4-6-10-17(15)18;2*1-3-7-11(8-4-1)13-12-9-5-2-6-10-12/h3-12H,1-2H3;2*1-10,13H. The van der Waals surface area contributed by atoms with E-state index >= 15 is 0 Å². The van der Waals surface area contributed by atoms with Gasteiger partial charge < -0.3 is 0 Å². The molecular formula is C42H38P2. The third-order valence-corrected chi connectivity index (χ3v) is 9.71. The second kappa shape index (κ2) is 16.5. The molecular weight excluding hydrogens is 566 g/mol. The topological polar surface area (TPSA) is 0 Å². The Bertz CT molecular complexity index is 1700. The van der Waals surface area contributed by atoms with Gasteiger partial charge in [-0.2, -0.15) is 0 Å². The van der Waals surface area contributed by atoms with Crippen LogP contribution in [-0.4, -0.2) is 0 Å². The van der Waals surface area contributed by atoms with Crippen LogP contribution in [0, 0.1) is 13.8 Å². The molecule has 0 nitrogen and oxygen atoms in total. The van der Waals surface area contributed by atoms with Crippen molar-refractivity contribution in [3.8, 4) is 11.1 Å². The molecule has 7 rings (SSSR count). The number of rotatable bonds is 5. The van der Waals surface area contributed by atoms with Crippen LogP contribution in [-0.2, 0) is 0 Å². The number of hydrogen-bond donors (Lipinski definition) is 0. The van der Waals surface area contributed by atoms with Crippen molar-refractivity contribution >= 4 is 49.2 Å². The van der Waals surface area contributed by atoms with E-state index in [-0.39, 0.29) is 0 Å². The van der Waals surface area contributed by atoms with Crippen molar-refractivity contribution in [2.75, 3.05) is 0 Å². The van der Waals surface area contributed by atoms with E-state index in [9.17, 15) is 0 Å². The largest absolute Gasteiger partial charge is 0.0622 e. The highest BCUT2D eigenvalue weighted by molar-refractivity contribution is 7.55. The maximum absolute atomic E-state index is 2.21. The maximum atomic E-state index is 2.21. The Morgan fingerprint density at radius 3 is 1.16 bits per heavy atom. The predicted octanol–water partition coefficient (Wildman–Crippen LogP) is 9.76. The van der Waals surface area contributed by atoms with E-state index < -0.39 is 0 Å². The minimum absolute atomic E-state index is 0.777. The van der Waals surface area contributed by atoms with Gasteiger partial charge in [0.1, 0.15) is 0 Å². The van der Waals surface area contributed by atoms with Gasteiger partial charge in [-0.3, -0.25) is 0 Å². The first-order valence-corrected chi connectivity index (χ1v) is 17.0. The number of aryl methyl sites for hydroxylation is 2. The van der Waals surface area contributed by atoms with E-state index in [1.54, 1.807) is 0 Å². The van der Waals surface area contributed by atoms with E-state index in [1.807, 2.05) is 0 Å². The average molecular weight is 605 g/mol. The molecule has 0 aliphatic rings. The maximum Gasteiger partial charge on any atom is -0.00735 e. The quantitative estimate of drug-likeness (QED) is 0.172. The third-order valence-electron chi connectivity index (χ3n) is 7.22. The SMILES string of the molecule is Cc1ccccc1-c1c(C)ccc2ccccc12.c1ccc(Pc2ccccc2)cc1.c1ccc(Pc2ccccc2)cc1. The van der Waals surface area contributed by atoms with Crippen molar-refractivity contribution in [3.05, 3.63) is 193 Å². The van der Waals surface area contributed by atoms with Crippen LogP contribution in [0.4, 0.5) is 0 Å². The van der Waals surface area contributed by atoms with Gasteiger partial charge in [0.05, 0.1) is 0 Å². The monoisotopic (exact) mass is 604 g/mol. The van der Waals surface area contributed by atoms with Crippen molar-refractivity contribution in [1.29, 1.82) is 0 Å². The summed E-state index contributed by atoms with van der Waals surface area (Å²) in [5.74, 6) is 0. The molecule has 0 spiro atoms. The van der Waals surface area contributed by atoms with E-state index in [0.717, 1.165) is 17.2 Å². The van der Waals surface area contributed by atoms with Crippen LogP contribution >= 0.6 is 17.2 Å². The summed E-state index contributed by atoms with van der Waals surface area (Å²) in [6.45, 7) is 4.37. The molecule has 0 aliphatic carbocycles. The molecule has 44 heavy (non-hydrogen) atoms. The van der Waals surface area contributed by atoms with E-state index in [4.69, 9.17) is 0 Å². The van der Waals surface area contributed by atoms with Gasteiger partial charge in [0.15, 0.2) is 0 Å². The van der Waals surface area contributed by atoms with Crippen LogP contribution in [0.3, 0.4) is 0 Å². The van der Waals surface area contributed by atoms with Gasteiger partial charge in [-0.15, -0.1) is 0 Å². The number of benzene rings is 7. The lowest BCUT2D eigenvalue weighted by Crippen LogP contribution is -2.01. The molecule has 0 aromatic heterocycles. The van der Waals surface area contributed by atoms with Gasteiger partial charge in [-0.25, -0.2) is 0 Å². The lowest BCUT2D eigenvalue weighted by Gasteiger charge is -2.13. The summed E-state index contributed by atoms with van der Waals surface area (Å²) >= 11 is 0. The summed E-state index contributed by atoms with van der Waals surface area (Å²) in [7, 11) is 1.55. The molecule has 0 saturated heterocycles. The third kappa shape index (κ3) is 9.08. The molecule has 216 valence electrons. The molecule has 0 amide bonds. The number of fused-ring (bicyclic) bond motifs is 1. The zero-order chi connectivity index (χ0) is 30.4. The number of hydrogen-bond acceptors (Lipinski definition) is 0. The van der Waals surface area contributed by atoms with Crippen molar-refractivity contribution in [1.82, 2.24) is 0 Å². The van der Waals surface area contributed by atoms with Gasteiger partial charge in [0.2, 0.25) is 0 Å². The summed E-state index contributed by atoms with van der Waals surface area (Å²) in [5, 5.41) is 8.23. The smallest absolute Gasteiger partial charge is 0.00735 e. The van der Waals surface area contributed by atoms with Crippen LogP contribution in [0.2, 0.25) is 0 Å². The molecule has 0 saturated carbocycles. The molecule has 0 radical (unpaired) electrons. The molecule has 0 atom stereocenters. The highest BCUT2D eigenvalue weighted by Crippen LogP contribution is 2.33. The van der Waals surface area contributed by atoms with Crippen LogP contribution in [0.15, 0.2) is 182 Å². The molecule has 0 aliphatic heterocycles. The van der Waals surface area contributed by atoms with E-state index in [1.165, 1.54) is 54.2 Å². The Hall–Kier alpha value is -4.34. The molecule has 0 bridgehead atoms. The van der Waals surface area contributed by atoms with Crippen LogP contribution < -0.4 is 21.2 Å². The fraction of sp³-hybridized carbons (Fsp3) is 0.0476. The Labute approximate surface area is 266 Å². The van der Waals surface area contributed by atoms with Crippen LogP contribution in [0.5, 0.6) is 0 Å². The molecule has 7 aromatic carbocycles. The highest BCUT2D eigenvalue weighted by atomic mass is 31.1. The minimum atomic E-state index is 0.777. The zero-order valence-corrected chi connectivity index (χ0v) is 27.3.